The molecule has 0 bridgehead atoms. The molecule has 53 valence electrons. The van der Waals surface area contributed by atoms with E-state index in [1.165, 1.54) is 19.3 Å². The third-order valence-electron chi connectivity index (χ3n) is 1.75. The van der Waals surface area contributed by atoms with Crippen molar-refractivity contribution in [1.29, 1.82) is 0 Å². The van der Waals surface area contributed by atoms with Crippen molar-refractivity contribution in [2.75, 3.05) is 0 Å². The van der Waals surface area contributed by atoms with Crippen LogP contribution in [0.4, 0.5) is 0 Å². The summed E-state index contributed by atoms with van der Waals surface area (Å²) < 4.78 is 0. The lowest BCUT2D eigenvalue weighted by molar-refractivity contribution is 0.191. The molecular formula is C7H12BrO. The Morgan fingerprint density at radius 1 is 1.33 bits per heavy atom. The molecule has 0 spiro atoms. The van der Waals surface area contributed by atoms with Crippen molar-refractivity contribution in [3.05, 3.63) is 4.83 Å². The summed E-state index contributed by atoms with van der Waals surface area (Å²) in [6, 6.07) is 0. The van der Waals surface area contributed by atoms with E-state index >= 15 is 0 Å². The summed E-state index contributed by atoms with van der Waals surface area (Å²) in [5.74, 6) is 0. The van der Waals surface area contributed by atoms with E-state index in [0.29, 0.717) is 0 Å². The van der Waals surface area contributed by atoms with E-state index in [1.807, 2.05) is 0 Å². The van der Waals surface area contributed by atoms with Crippen LogP contribution < -0.4 is 0 Å². The minimum Gasteiger partial charge on any atom is -0.392 e. The van der Waals surface area contributed by atoms with Crippen LogP contribution >= 0.6 is 15.9 Å². The first-order chi connectivity index (χ1) is 4.30. The van der Waals surface area contributed by atoms with Crippen LogP contribution in [0.1, 0.15) is 32.1 Å². The molecule has 0 heterocycles. The summed E-state index contributed by atoms with van der Waals surface area (Å²) in [7, 11) is 0. The third kappa shape index (κ3) is 2.26. The average molecular weight is 192 g/mol. The quantitative estimate of drug-likeness (QED) is 0.583. The summed E-state index contributed by atoms with van der Waals surface area (Å²) in [4.78, 5) is 1.10. The maximum absolute atomic E-state index is 9.27. The Kier molecular flexibility index (Phi) is 2.99. The number of rotatable bonds is 0. The predicted molar refractivity (Wildman–Crippen MR) is 41.3 cm³/mol. The van der Waals surface area contributed by atoms with Crippen LogP contribution in [0.15, 0.2) is 0 Å². The van der Waals surface area contributed by atoms with E-state index in [0.717, 1.165) is 17.7 Å². The van der Waals surface area contributed by atoms with Gasteiger partial charge in [-0.25, -0.2) is 0 Å². The van der Waals surface area contributed by atoms with Crippen molar-refractivity contribution in [2.24, 2.45) is 0 Å². The number of aliphatic hydroxyl groups excluding tert-OH is 1. The van der Waals surface area contributed by atoms with Crippen LogP contribution in [0.25, 0.3) is 0 Å². The minimum absolute atomic E-state index is 0.174. The standard InChI is InChI=1S/C7H12BrO/c8-6-4-2-1-3-5-7(6)9/h7,9H,1-5H2/t7-/m0/s1. The summed E-state index contributed by atoms with van der Waals surface area (Å²) in [5.41, 5.74) is 0. The fourth-order valence-electron chi connectivity index (χ4n) is 1.13. The van der Waals surface area contributed by atoms with Crippen molar-refractivity contribution >= 4 is 15.9 Å². The van der Waals surface area contributed by atoms with Crippen molar-refractivity contribution in [1.82, 2.24) is 0 Å². The lowest BCUT2D eigenvalue weighted by Crippen LogP contribution is -2.10. The van der Waals surface area contributed by atoms with Gasteiger partial charge in [-0.2, -0.15) is 0 Å². The van der Waals surface area contributed by atoms with Gasteiger partial charge in [0.05, 0.1) is 10.9 Å². The molecule has 9 heavy (non-hydrogen) atoms. The highest BCUT2D eigenvalue weighted by Gasteiger charge is 2.18. The lowest BCUT2D eigenvalue weighted by atomic mass is 10.2. The van der Waals surface area contributed by atoms with E-state index in [4.69, 9.17) is 0 Å². The zero-order valence-electron chi connectivity index (χ0n) is 5.44. The summed E-state index contributed by atoms with van der Waals surface area (Å²) in [6.45, 7) is 0. The summed E-state index contributed by atoms with van der Waals surface area (Å²) in [5, 5.41) is 9.27. The Balaban J connectivity index is 2.32. The smallest absolute Gasteiger partial charge is 0.0708 e. The average Bonchev–Trinajstić information content (AvgIpc) is 1.99. The van der Waals surface area contributed by atoms with Gasteiger partial charge in [0, 0.05) is 0 Å². The lowest BCUT2D eigenvalue weighted by Gasteiger charge is -2.10. The van der Waals surface area contributed by atoms with Crippen molar-refractivity contribution in [2.45, 2.75) is 38.2 Å². The number of halogens is 1. The monoisotopic (exact) mass is 191 g/mol. The van der Waals surface area contributed by atoms with Crippen LogP contribution in [-0.4, -0.2) is 11.2 Å². The zero-order chi connectivity index (χ0) is 6.69. The first-order valence-corrected chi connectivity index (χ1v) is 4.29. The van der Waals surface area contributed by atoms with Gasteiger partial charge < -0.3 is 5.11 Å². The molecule has 1 N–H and O–H groups in total. The summed E-state index contributed by atoms with van der Waals surface area (Å²) >= 11 is 3.37. The van der Waals surface area contributed by atoms with E-state index in [-0.39, 0.29) is 6.10 Å². The topological polar surface area (TPSA) is 20.2 Å². The number of hydrogen-bond acceptors (Lipinski definition) is 1. The van der Waals surface area contributed by atoms with Gasteiger partial charge in [0.25, 0.3) is 0 Å². The third-order valence-corrected chi connectivity index (χ3v) is 2.68. The highest BCUT2D eigenvalue weighted by molar-refractivity contribution is 9.11. The molecule has 1 saturated carbocycles. The Hall–Kier alpha value is 0.440. The Morgan fingerprint density at radius 2 is 2.11 bits per heavy atom. The molecule has 0 amide bonds. The molecule has 0 aromatic heterocycles. The second-order valence-corrected chi connectivity index (χ2v) is 3.58. The Bertz CT molecular complexity index is 75.0. The molecule has 1 radical (unpaired) electrons. The molecule has 1 aliphatic rings. The molecule has 1 rings (SSSR count). The second-order valence-electron chi connectivity index (χ2n) is 2.56. The SMILES string of the molecule is O[C@H]1CCCCC[C]1Br. The van der Waals surface area contributed by atoms with E-state index in [1.54, 1.807) is 0 Å². The molecule has 1 atom stereocenters. The molecule has 1 nitrogen and oxygen atoms in total. The van der Waals surface area contributed by atoms with Gasteiger partial charge in [-0.3, -0.25) is 0 Å². The largest absolute Gasteiger partial charge is 0.392 e. The molecule has 0 unspecified atom stereocenters. The first kappa shape index (κ1) is 7.55. The maximum Gasteiger partial charge on any atom is 0.0708 e. The normalized spacial score (nSPS) is 32.0. The fraction of sp³-hybridized carbons (Fsp3) is 0.857. The minimum atomic E-state index is -0.174. The second kappa shape index (κ2) is 3.57. The van der Waals surface area contributed by atoms with Gasteiger partial charge in [0.2, 0.25) is 0 Å². The van der Waals surface area contributed by atoms with Crippen LogP contribution in [0.3, 0.4) is 0 Å². The molecular weight excluding hydrogens is 180 g/mol. The molecule has 1 fully saturated rings. The maximum atomic E-state index is 9.27. The zero-order valence-corrected chi connectivity index (χ0v) is 7.02. The Morgan fingerprint density at radius 3 is 2.89 bits per heavy atom. The van der Waals surface area contributed by atoms with Crippen LogP contribution in [0, 0.1) is 4.83 Å². The fourth-order valence-corrected chi connectivity index (χ4v) is 1.64. The van der Waals surface area contributed by atoms with Gasteiger partial charge in [0.15, 0.2) is 0 Å². The van der Waals surface area contributed by atoms with Crippen molar-refractivity contribution in [3.8, 4) is 0 Å². The van der Waals surface area contributed by atoms with Gasteiger partial charge in [0.1, 0.15) is 0 Å². The predicted octanol–water partition coefficient (Wildman–Crippen LogP) is 2.24. The van der Waals surface area contributed by atoms with E-state index < -0.39 is 0 Å². The molecule has 0 aromatic rings. The number of hydrogen-bond donors (Lipinski definition) is 1. The van der Waals surface area contributed by atoms with E-state index in [9.17, 15) is 5.11 Å². The van der Waals surface area contributed by atoms with Gasteiger partial charge in [-0.1, -0.05) is 35.2 Å². The molecule has 1 aliphatic carbocycles. The molecule has 0 aliphatic heterocycles. The van der Waals surface area contributed by atoms with Crippen molar-refractivity contribution in [3.63, 3.8) is 0 Å². The van der Waals surface area contributed by atoms with Gasteiger partial charge in [-0.15, -0.1) is 0 Å². The molecule has 0 aromatic carbocycles. The molecule has 2 heteroatoms. The van der Waals surface area contributed by atoms with Gasteiger partial charge >= 0.3 is 0 Å². The van der Waals surface area contributed by atoms with E-state index in [2.05, 4.69) is 15.9 Å². The van der Waals surface area contributed by atoms with Gasteiger partial charge in [-0.05, 0) is 12.8 Å². The molecule has 0 saturated heterocycles. The van der Waals surface area contributed by atoms with Crippen molar-refractivity contribution < 1.29 is 5.11 Å². The first-order valence-electron chi connectivity index (χ1n) is 3.50. The highest BCUT2D eigenvalue weighted by Crippen LogP contribution is 2.29. The van der Waals surface area contributed by atoms with Crippen LogP contribution in [0.2, 0.25) is 0 Å². The summed E-state index contributed by atoms with van der Waals surface area (Å²) in [6.07, 6.45) is 5.51. The van der Waals surface area contributed by atoms with Crippen LogP contribution in [0.5, 0.6) is 0 Å². The van der Waals surface area contributed by atoms with Crippen LogP contribution in [-0.2, 0) is 0 Å². The Labute approximate surface area is 64.6 Å². The highest BCUT2D eigenvalue weighted by atomic mass is 79.9. The number of aliphatic hydroxyl groups is 1.